The summed E-state index contributed by atoms with van der Waals surface area (Å²) >= 11 is 0. The average molecular weight is 389 g/mol. The molecule has 0 spiro atoms. The van der Waals surface area contributed by atoms with Crippen molar-refractivity contribution in [1.29, 1.82) is 5.41 Å². The number of carbonyl (C=O) groups is 1. The van der Waals surface area contributed by atoms with E-state index in [9.17, 15) is 4.79 Å². The van der Waals surface area contributed by atoms with Crippen LogP contribution in [0.3, 0.4) is 0 Å². The normalized spacial score (nSPS) is 15.1. The van der Waals surface area contributed by atoms with Gasteiger partial charge in [0.1, 0.15) is 16.9 Å². The minimum absolute atomic E-state index is 0.117. The van der Waals surface area contributed by atoms with Gasteiger partial charge in [-0.2, -0.15) is 0 Å². The van der Waals surface area contributed by atoms with Crippen molar-refractivity contribution in [2.45, 2.75) is 25.7 Å². The van der Waals surface area contributed by atoms with Gasteiger partial charge in [0.2, 0.25) is 5.55 Å². The van der Waals surface area contributed by atoms with Crippen molar-refractivity contribution in [1.82, 2.24) is 0 Å². The van der Waals surface area contributed by atoms with Crippen molar-refractivity contribution in [3.8, 4) is 5.75 Å². The molecule has 0 unspecified atom stereocenters. The second kappa shape index (κ2) is 6.95. The number of para-hydroxylation sites is 2. The van der Waals surface area contributed by atoms with Gasteiger partial charge < -0.3 is 19.4 Å². The molecule has 5 rings (SSSR count). The van der Waals surface area contributed by atoms with Gasteiger partial charge in [-0.3, -0.25) is 10.2 Å². The molecule has 1 aromatic heterocycles. The van der Waals surface area contributed by atoms with E-state index in [1.807, 2.05) is 12.1 Å². The number of hydrogen-bond donors (Lipinski definition) is 2. The number of ether oxygens (including phenoxy) is 1. The van der Waals surface area contributed by atoms with Crippen LogP contribution in [0.1, 0.15) is 34.3 Å². The predicted molar refractivity (Wildman–Crippen MR) is 112 cm³/mol. The maximum atomic E-state index is 12.9. The first-order valence-corrected chi connectivity index (χ1v) is 10.0. The van der Waals surface area contributed by atoms with E-state index in [0.717, 1.165) is 49.7 Å². The lowest BCUT2D eigenvalue weighted by Gasteiger charge is -2.37. The maximum absolute atomic E-state index is 12.9. The largest absolute Gasteiger partial charge is 0.495 e. The molecule has 0 atom stereocenters. The standard InChI is InChI=1S/C23H23N3O3/c1-28-19-9-3-2-8-18(19)25-23(27)17-13-15-12-14-6-4-10-26-11-5-7-16(20(14)26)21(15)29-22(17)24/h2-3,8-9,12-13,24H,4-7,10-11H2,1H3,(H,25,27). The lowest BCUT2D eigenvalue weighted by molar-refractivity contribution is 0.102. The summed E-state index contributed by atoms with van der Waals surface area (Å²) in [7, 11) is 1.56. The summed E-state index contributed by atoms with van der Waals surface area (Å²) in [5, 5.41) is 12.1. The quantitative estimate of drug-likeness (QED) is 0.713. The summed E-state index contributed by atoms with van der Waals surface area (Å²) in [6.07, 6.45) is 4.23. The minimum atomic E-state index is -0.377. The van der Waals surface area contributed by atoms with E-state index in [0.29, 0.717) is 11.4 Å². The third-order valence-electron chi connectivity index (χ3n) is 5.85. The van der Waals surface area contributed by atoms with Crippen LogP contribution in [0.15, 0.2) is 40.8 Å². The second-order valence-electron chi connectivity index (χ2n) is 7.62. The molecule has 2 aliphatic heterocycles. The van der Waals surface area contributed by atoms with Crippen molar-refractivity contribution in [2.75, 3.05) is 30.4 Å². The van der Waals surface area contributed by atoms with Gasteiger partial charge in [0.15, 0.2) is 0 Å². The Kier molecular flexibility index (Phi) is 4.27. The van der Waals surface area contributed by atoms with Crippen LogP contribution in [0.25, 0.3) is 11.0 Å². The Hall–Kier alpha value is -3.28. The van der Waals surface area contributed by atoms with Crippen LogP contribution in [0.2, 0.25) is 0 Å². The number of aryl methyl sites for hydroxylation is 2. The summed E-state index contributed by atoms with van der Waals surface area (Å²) in [5.41, 5.74) is 5.22. The number of carbonyl (C=O) groups excluding carboxylic acids is 1. The summed E-state index contributed by atoms with van der Waals surface area (Å²) < 4.78 is 11.2. The molecule has 0 radical (unpaired) electrons. The molecule has 6 heteroatoms. The molecule has 0 saturated heterocycles. The number of hydrogen-bond acceptors (Lipinski definition) is 5. The first kappa shape index (κ1) is 17.8. The van der Waals surface area contributed by atoms with E-state index < -0.39 is 0 Å². The Morgan fingerprint density at radius 2 is 1.97 bits per heavy atom. The van der Waals surface area contributed by atoms with E-state index in [-0.39, 0.29) is 17.0 Å². The monoisotopic (exact) mass is 389 g/mol. The van der Waals surface area contributed by atoms with Crippen LogP contribution in [0, 0.1) is 5.41 Å². The van der Waals surface area contributed by atoms with E-state index in [2.05, 4.69) is 16.3 Å². The van der Waals surface area contributed by atoms with Crippen LogP contribution in [0.5, 0.6) is 5.75 Å². The van der Waals surface area contributed by atoms with Gasteiger partial charge in [-0.25, -0.2) is 0 Å². The molecule has 3 aromatic rings. The van der Waals surface area contributed by atoms with Gasteiger partial charge in [0.25, 0.3) is 5.91 Å². The van der Waals surface area contributed by atoms with E-state index in [4.69, 9.17) is 14.6 Å². The Morgan fingerprint density at radius 3 is 2.79 bits per heavy atom. The van der Waals surface area contributed by atoms with E-state index in [1.165, 1.54) is 16.8 Å². The van der Waals surface area contributed by atoms with Crippen LogP contribution < -0.4 is 20.5 Å². The van der Waals surface area contributed by atoms with Crippen molar-refractivity contribution < 1.29 is 13.9 Å². The first-order chi connectivity index (χ1) is 14.2. The van der Waals surface area contributed by atoms with Crippen molar-refractivity contribution >= 4 is 28.3 Å². The van der Waals surface area contributed by atoms with Crippen LogP contribution in [-0.4, -0.2) is 26.1 Å². The van der Waals surface area contributed by atoms with Crippen molar-refractivity contribution in [3.63, 3.8) is 0 Å². The van der Waals surface area contributed by atoms with Gasteiger partial charge in [-0.05, 0) is 55.5 Å². The predicted octanol–water partition coefficient (Wildman–Crippen LogP) is 3.87. The molecule has 29 heavy (non-hydrogen) atoms. The van der Waals surface area contributed by atoms with Crippen molar-refractivity contribution in [2.24, 2.45) is 0 Å². The minimum Gasteiger partial charge on any atom is -0.495 e. The van der Waals surface area contributed by atoms with Gasteiger partial charge >= 0.3 is 0 Å². The molecule has 0 bridgehead atoms. The molecule has 0 saturated carbocycles. The Balaban J connectivity index is 1.59. The van der Waals surface area contributed by atoms with Crippen LogP contribution >= 0.6 is 0 Å². The zero-order chi connectivity index (χ0) is 20.0. The van der Waals surface area contributed by atoms with Gasteiger partial charge in [0.05, 0.1) is 12.8 Å². The fourth-order valence-corrected chi connectivity index (χ4v) is 4.57. The number of anilines is 2. The highest BCUT2D eigenvalue weighted by Gasteiger charge is 2.27. The highest BCUT2D eigenvalue weighted by atomic mass is 16.5. The number of methoxy groups -OCH3 is 1. The number of nitrogens with zero attached hydrogens (tertiary/aromatic N) is 1. The fourth-order valence-electron chi connectivity index (χ4n) is 4.57. The lowest BCUT2D eigenvalue weighted by atomic mass is 9.90. The molecule has 3 heterocycles. The van der Waals surface area contributed by atoms with Crippen molar-refractivity contribution in [3.05, 3.63) is 58.6 Å². The lowest BCUT2D eigenvalue weighted by Crippen LogP contribution is -2.34. The Bertz CT molecular complexity index is 1180. The van der Waals surface area contributed by atoms with Gasteiger partial charge in [-0.1, -0.05) is 12.1 Å². The van der Waals surface area contributed by atoms with E-state index >= 15 is 0 Å². The smallest absolute Gasteiger partial charge is 0.261 e. The molecule has 0 aliphatic carbocycles. The topological polar surface area (TPSA) is 78.6 Å². The van der Waals surface area contributed by atoms with E-state index in [1.54, 1.807) is 25.3 Å². The Morgan fingerprint density at radius 1 is 1.17 bits per heavy atom. The van der Waals surface area contributed by atoms with Gasteiger partial charge in [0, 0.05) is 29.7 Å². The summed E-state index contributed by atoms with van der Waals surface area (Å²) in [6, 6.07) is 11.1. The molecule has 0 fully saturated rings. The number of amides is 1. The highest BCUT2D eigenvalue weighted by Crippen LogP contribution is 2.39. The summed E-state index contributed by atoms with van der Waals surface area (Å²) in [6.45, 7) is 2.16. The maximum Gasteiger partial charge on any atom is 0.261 e. The number of benzene rings is 2. The summed E-state index contributed by atoms with van der Waals surface area (Å²) in [5.74, 6) is 0.196. The average Bonchev–Trinajstić information content (AvgIpc) is 2.74. The molecule has 2 N–H and O–H groups in total. The molecule has 148 valence electrons. The van der Waals surface area contributed by atoms with Crippen LogP contribution in [-0.2, 0) is 12.8 Å². The fraction of sp³-hybridized carbons (Fsp3) is 0.304. The third kappa shape index (κ3) is 2.95. The third-order valence-corrected chi connectivity index (χ3v) is 5.85. The second-order valence-corrected chi connectivity index (χ2v) is 7.62. The number of fused-ring (bicyclic) bond motifs is 2. The first-order valence-electron chi connectivity index (χ1n) is 10.0. The van der Waals surface area contributed by atoms with Crippen LogP contribution in [0.4, 0.5) is 11.4 Å². The SMILES string of the molecule is COc1ccccc1NC(=O)c1cc2cc3c4c(c2oc1=N)CCCN4CCC3. The molecular weight excluding hydrogens is 366 g/mol. The molecule has 2 aromatic carbocycles. The zero-order valence-electron chi connectivity index (χ0n) is 16.4. The zero-order valence-corrected chi connectivity index (χ0v) is 16.4. The highest BCUT2D eigenvalue weighted by molar-refractivity contribution is 6.06. The summed E-state index contributed by atoms with van der Waals surface area (Å²) in [4.78, 5) is 15.3. The molecular formula is C23H23N3O3. The molecule has 2 aliphatic rings. The Labute approximate surface area is 168 Å². The molecule has 1 amide bonds. The number of nitrogens with one attached hydrogen (secondary N) is 2. The molecule has 6 nitrogen and oxygen atoms in total. The van der Waals surface area contributed by atoms with Gasteiger partial charge in [-0.15, -0.1) is 0 Å². The number of rotatable bonds is 3.